The average Bonchev–Trinajstić information content (AvgIpc) is 3.02. The number of aromatic nitrogens is 2. The number of hydrogen-bond donors (Lipinski definition) is 1. The van der Waals surface area contributed by atoms with E-state index in [1.54, 1.807) is 21.7 Å². The van der Waals surface area contributed by atoms with Crippen molar-refractivity contribution in [2.24, 2.45) is 5.41 Å². The molecule has 0 bridgehead atoms. The summed E-state index contributed by atoms with van der Waals surface area (Å²) in [5.74, 6) is 0.281. The maximum Gasteiger partial charge on any atom is 0.245 e. The molecule has 2 rings (SSSR count). The normalized spacial score (nSPS) is 12.0. The van der Waals surface area contributed by atoms with Crippen molar-refractivity contribution in [3.05, 3.63) is 41.0 Å². The monoisotopic (exact) mass is 432 g/mol. The minimum absolute atomic E-state index is 0.00205. The molecule has 2 amide bonds. The molecule has 0 fully saturated rings. The number of benzene rings is 1. The molecule has 6 nitrogen and oxygen atoms in total. The molecule has 0 saturated carbocycles. The van der Waals surface area contributed by atoms with Crippen LogP contribution in [0.1, 0.15) is 60.6 Å². The van der Waals surface area contributed by atoms with E-state index in [-0.39, 0.29) is 29.2 Å². The Hall–Kier alpha value is -2.34. The molecule has 7 heteroatoms. The van der Waals surface area contributed by atoms with Crippen molar-refractivity contribution in [2.45, 2.75) is 60.3 Å². The SMILES string of the molecule is CCN(CC(=O)Nc1cc(C(C)(C)C)nn1-c1ccc(Cl)cc1)C(=O)CC(C)(C)C. The van der Waals surface area contributed by atoms with Gasteiger partial charge in [0.2, 0.25) is 11.8 Å². The quantitative estimate of drug-likeness (QED) is 0.694. The highest BCUT2D eigenvalue weighted by molar-refractivity contribution is 6.30. The van der Waals surface area contributed by atoms with Crippen LogP contribution >= 0.6 is 11.6 Å². The van der Waals surface area contributed by atoms with Gasteiger partial charge in [0.1, 0.15) is 5.82 Å². The lowest BCUT2D eigenvalue weighted by Crippen LogP contribution is -2.39. The van der Waals surface area contributed by atoms with E-state index in [2.05, 4.69) is 26.1 Å². The number of hydrogen-bond acceptors (Lipinski definition) is 3. The fraction of sp³-hybridized carbons (Fsp3) is 0.522. The standard InChI is InChI=1S/C23H33ClN4O2/c1-8-27(21(30)14-22(2,3)4)15-20(29)25-19-13-18(23(5,6)7)26-28(19)17-11-9-16(24)10-12-17/h9-13H,8,14-15H2,1-7H3,(H,25,29). The number of likely N-dealkylation sites (N-methyl/N-ethyl adjacent to an activating group) is 1. The smallest absolute Gasteiger partial charge is 0.245 e. The molecular formula is C23H33ClN4O2. The Morgan fingerprint density at radius 3 is 2.20 bits per heavy atom. The van der Waals surface area contributed by atoms with Crippen LogP contribution in [0.25, 0.3) is 5.69 Å². The summed E-state index contributed by atoms with van der Waals surface area (Å²) >= 11 is 6.01. The van der Waals surface area contributed by atoms with Gasteiger partial charge in [-0.1, -0.05) is 53.1 Å². The lowest BCUT2D eigenvalue weighted by Gasteiger charge is -2.25. The number of nitrogens with zero attached hydrogens (tertiary/aromatic N) is 3. The van der Waals surface area contributed by atoms with Crippen LogP contribution in [0.4, 0.5) is 5.82 Å². The van der Waals surface area contributed by atoms with Gasteiger partial charge in [-0.15, -0.1) is 0 Å². The van der Waals surface area contributed by atoms with E-state index >= 15 is 0 Å². The summed E-state index contributed by atoms with van der Waals surface area (Å²) < 4.78 is 1.70. The van der Waals surface area contributed by atoms with Gasteiger partial charge < -0.3 is 10.2 Å². The third-order valence-electron chi connectivity index (χ3n) is 4.57. The first kappa shape index (κ1) is 23.9. The number of carbonyl (C=O) groups is 2. The summed E-state index contributed by atoms with van der Waals surface area (Å²) in [6.45, 7) is 14.6. The van der Waals surface area contributed by atoms with E-state index in [1.165, 1.54) is 0 Å². The second-order valence-electron chi connectivity index (χ2n) is 9.75. The number of anilines is 1. The topological polar surface area (TPSA) is 67.2 Å². The second kappa shape index (κ2) is 9.21. The first-order chi connectivity index (χ1) is 13.8. The zero-order valence-electron chi connectivity index (χ0n) is 19.0. The van der Waals surface area contributed by atoms with E-state index < -0.39 is 0 Å². The molecule has 1 heterocycles. The molecule has 1 N–H and O–H groups in total. The van der Waals surface area contributed by atoms with E-state index in [9.17, 15) is 9.59 Å². The lowest BCUT2D eigenvalue weighted by molar-refractivity contribution is -0.136. The average molecular weight is 433 g/mol. The molecule has 1 aromatic heterocycles. The Morgan fingerprint density at radius 1 is 1.10 bits per heavy atom. The van der Waals surface area contributed by atoms with Crippen LogP contribution in [0.3, 0.4) is 0 Å². The molecule has 30 heavy (non-hydrogen) atoms. The van der Waals surface area contributed by atoms with Crippen molar-refractivity contribution in [3.8, 4) is 5.69 Å². The predicted octanol–water partition coefficient (Wildman–Crippen LogP) is 5.05. The van der Waals surface area contributed by atoms with Crippen molar-refractivity contribution in [1.29, 1.82) is 0 Å². The highest BCUT2D eigenvalue weighted by atomic mass is 35.5. The van der Waals surface area contributed by atoms with E-state index in [1.807, 2.05) is 45.9 Å². The van der Waals surface area contributed by atoms with Crippen LogP contribution in [-0.4, -0.2) is 39.6 Å². The molecule has 0 aliphatic rings. The fourth-order valence-electron chi connectivity index (χ4n) is 2.91. The van der Waals surface area contributed by atoms with Crippen LogP contribution in [0.2, 0.25) is 5.02 Å². The largest absolute Gasteiger partial charge is 0.334 e. The van der Waals surface area contributed by atoms with Crippen molar-refractivity contribution < 1.29 is 9.59 Å². The van der Waals surface area contributed by atoms with Crippen LogP contribution < -0.4 is 5.32 Å². The summed E-state index contributed by atoms with van der Waals surface area (Å²) in [5.41, 5.74) is 1.33. The van der Waals surface area contributed by atoms with Crippen LogP contribution in [-0.2, 0) is 15.0 Å². The zero-order valence-corrected chi connectivity index (χ0v) is 19.8. The lowest BCUT2D eigenvalue weighted by atomic mass is 9.91. The van der Waals surface area contributed by atoms with E-state index in [4.69, 9.17) is 16.7 Å². The Bertz CT molecular complexity index is 889. The van der Waals surface area contributed by atoms with Gasteiger partial charge in [0.15, 0.2) is 0 Å². The Morgan fingerprint density at radius 2 is 1.70 bits per heavy atom. The van der Waals surface area contributed by atoms with Gasteiger partial charge in [-0.05, 0) is 36.6 Å². The van der Waals surface area contributed by atoms with Gasteiger partial charge in [-0.3, -0.25) is 9.59 Å². The van der Waals surface area contributed by atoms with Crippen molar-refractivity contribution in [2.75, 3.05) is 18.4 Å². The predicted molar refractivity (Wildman–Crippen MR) is 122 cm³/mol. The maximum atomic E-state index is 12.8. The molecule has 2 aromatic rings. The Kier molecular flexibility index (Phi) is 7.35. The summed E-state index contributed by atoms with van der Waals surface area (Å²) in [6.07, 6.45) is 0.394. The maximum absolute atomic E-state index is 12.8. The zero-order chi connectivity index (χ0) is 22.7. The van der Waals surface area contributed by atoms with Crippen molar-refractivity contribution in [1.82, 2.24) is 14.7 Å². The molecule has 0 saturated heterocycles. The molecule has 0 aliphatic heterocycles. The van der Waals surface area contributed by atoms with Gasteiger partial charge in [-0.25, -0.2) is 4.68 Å². The number of amides is 2. The Balaban J connectivity index is 2.25. The van der Waals surface area contributed by atoms with Crippen molar-refractivity contribution >= 4 is 29.2 Å². The van der Waals surface area contributed by atoms with E-state index in [0.717, 1.165) is 11.4 Å². The number of halogens is 1. The van der Waals surface area contributed by atoms with Gasteiger partial charge in [-0.2, -0.15) is 5.10 Å². The first-order valence-corrected chi connectivity index (χ1v) is 10.6. The van der Waals surface area contributed by atoms with Crippen molar-refractivity contribution in [3.63, 3.8) is 0 Å². The summed E-state index contributed by atoms with van der Waals surface area (Å²) in [6, 6.07) is 9.14. The first-order valence-electron chi connectivity index (χ1n) is 10.2. The number of rotatable bonds is 6. The van der Waals surface area contributed by atoms with Gasteiger partial charge in [0, 0.05) is 29.5 Å². The van der Waals surface area contributed by atoms with Crippen LogP contribution in [0, 0.1) is 5.41 Å². The molecule has 0 spiro atoms. The highest BCUT2D eigenvalue weighted by Crippen LogP contribution is 2.27. The molecule has 1 aromatic carbocycles. The second-order valence-corrected chi connectivity index (χ2v) is 10.2. The van der Waals surface area contributed by atoms with Gasteiger partial charge >= 0.3 is 0 Å². The summed E-state index contributed by atoms with van der Waals surface area (Å²) in [7, 11) is 0. The van der Waals surface area contributed by atoms with Crippen LogP contribution in [0.15, 0.2) is 30.3 Å². The third kappa shape index (κ3) is 6.59. The molecule has 0 radical (unpaired) electrons. The highest BCUT2D eigenvalue weighted by Gasteiger charge is 2.24. The molecule has 0 unspecified atom stereocenters. The molecule has 0 aliphatic carbocycles. The molecular weight excluding hydrogens is 400 g/mol. The minimum atomic E-state index is -0.255. The molecule has 0 atom stereocenters. The number of carbonyl (C=O) groups excluding carboxylic acids is 2. The number of nitrogens with one attached hydrogen (secondary N) is 1. The Labute approximate surface area is 184 Å². The summed E-state index contributed by atoms with van der Waals surface area (Å²) in [4.78, 5) is 26.9. The van der Waals surface area contributed by atoms with Gasteiger partial charge in [0.05, 0.1) is 17.9 Å². The molecule has 164 valence electrons. The summed E-state index contributed by atoms with van der Waals surface area (Å²) in [5, 5.41) is 8.26. The van der Waals surface area contributed by atoms with E-state index in [0.29, 0.717) is 23.8 Å². The van der Waals surface area contributed by atoms with Gasteiger partial charge in [0.25, 0.3) is 0 Å². The third-order valence-corrected chi connectivity index (χ3v) is 4.82. The fourth-order valence-corrected chi connectivity index (χ4v) is 3.04. The van der Waals surface area contributed by atoms with Crippen LogP contribution in [0.5, 0.6) is 0 Å². The minimum Gasteiger partial charge on any atom is -0.334 e.